The van der Waals surface area contributed by atoms with Gasteiger partial charge in [-0.25, -0.2) is 0 Å². The van der Waals surface area contributed by atoms with Gasteiger partial charge in [-0.2, -0.15) is 0 Å². The molecule has 1 aromatic carbocycles. The number of fused-ring (bicyclic) bond motifs is 3. The van der Waals surface area contributed by atoms with Crippen LogP contribution in [-0.4, -0.2) is 47.8 Å². The van der Waals surface area contributed by atoms with E-state index >= 15 is 0 Å². The molecule has 4 rings (SSSR count). The molecule has 0 bridgehead atoms. The summed E-state index contributed by atoms with van der Waals surface area (Å²) in [5.41, 5.74) is 3.97. The van der Waals surface area contributed by atoms with Gasteiger partial charge in [0.15, 0.2) is 0 Å². The van der Waals surface area contributed by atoms with Gasteiger partial charge in [-0.15, -0.1) is 11.3 Å². The van der Waals surface area contributed by atoms with Crippen molar-refractivity contribution in [2.45, 2.75) is 39.5 Å². The molecule has 2 aromatic rings. The Morgan fingerprint density at radius 1 is 1.00 bits per heavy atom. The Bertz CT molecular complexity index is 878. The number of piperazine rings is 1. The molecule has 4 nitrogen and oxygen atoms in total. The van der Waals surface area contributed by atoms with Crippen LogP contribution in [0.25, 0.3) is 10.4 Å². The van der Waals surface area contributed by atoms with Gasteiger partial charge in [0, 0.05) is 37.5 Å². The summed E-state index contributed by atoms with van der Waals surface area (Å²) in [6.07, 6.45) is 3.60. The molecule has 2 amide bonds. The van der Waals surface area contributed by atoms with Gasteiger partial charge in [-0.3, -0.25) is 9.59 Å². The first-order valence-electron chi connectivity index (χ1n) is 10.3. The highest BCUT2D eigenvalue weighted by molar-refractivity contribution is 7.17. The van der Waals surface area contributed by atoms with Crippen LogP contribution < -0.4 is 0 Å². The molecule has 1 saturated heterocycles. The van der Waals surface area contributed by atoms with Crippen molar-refractivity contribution >= 4 is 23.2 Å². The van der Waals surface area contributed by atoms with Crippen LogP contribution in [0.1, 0.15) is 47.5 Å². The van der Waals surface area contributed by atoms with Crippen molar-refractivity contribution in [2.24, 2.45) is 5.92 Å². The van der Waals surface area contributed by atoms with Crippen LogP contribution in [0.2, 0.25) is 0 Å². The lowest BCUT2D eigenvalue weighted by molar-refractivity contribution is -0.132. The van der Waals surface area contributed by atoms with Crippen molar-refractivity contribution in [1.82, 2.24) is 9.80 Å². The van der Waals surface area contributed by atoms with Crippen LogP contribution in [0, 0.1) is 5.92 Å². The largest absolute Gasteiger partial charge is 0.339 e. The molecule has 0 atom stereocenters. The van der Waals surface area contributed by atoms with E-state index in [9.17, 15) is 9.59 Å². The second-order valence-electron chi connectivity index (χ2n) is 8.23. The van der Waals surface area contributed by atoms with Crippen LogP contribution in [0.3, 0.4) is 0 Å². The molecule has 5 heteroatoms. The lowest BCUT2D eigenvalue weighted by atomic mass is 9.91. The summed E-state index contributed by atoms with van der Waals surface area (Å²) in [5.74, 6) is 0.886. The predicted octanol–water partition coefficient (Wildman–Crippen LogP) is 4.23. The fraction of sp³-hybridized carbons (Fsp3) is 0.478. The average Bonchev–Trinajstić information content (AvgIpc) is 3.16. The number of nitrogens with zero attached hydrogens (tertiary/aromatic N) is 2. The molecule has 2 aliphatic rings. The molecule has 28 heavy (non-hydrogen) atoms. The molecular formula is C23H28N2O2S. The van der Waals surface area contributed by atoms with Gasteiger partial charge in [-0.05, 0) is 47.9 Å². The zero-order valence-corrected chi connectivity index (χ0v) is 17.6. The third-order valence-electron chi connectivity index (χ3n) is 5.80. The van der Waals surface area contributed by atoms with Gasteiger partial charge in [-0.1, -0.05) is 38.1 Å². The summed E-state index contributed by atoms with van der Waals surface area (Å²) in [6, 6.07) is 10.6. The predicted molar refractivity (Wildman–Crippen MR) is 114 cm³/mol. The zero-order chi connectivity index (χ0) is 19.7. The van der Waals surface area contributed by atoms with E-state index in [1.807, 2.05) is 9.80 Å². The van der Waals surface area contributed by atoms with Crippen LogP contribution in [0.15, 0.2) is 30.3 Å². The quantitative estimate of drug-likeness (QED) is 0.776. The van der Waals surface area contributed by atoms with Crippen molar-refractivity contribution in [1.29, 1.82) is 0 Å². The summed E-state index contributed by atoms with van der Waals surface area (Å²) >= 11 is 1.63. The Hall–Kier alpha value is -2.14. The van der Waals surface area contributed by atoms with Crippen molar-refractivity contribution < 1.29 is 9.59 Å². The first kappa shape index (κ1) is 19.2. The Labute approximate surface area is 171 Å². The third kappa shape index (κ3) is 3.86. The number of carbonyl (C=O) groups is 2. The Morgan fingerprint density at radius 3 is 2.43 bits per heavy atom. The fourth-order valence-electron chi connectivity index (χ4n) is 4.06. The van der Waals surface area contributed by atoms with Crippen LogP contribution in [0.4, 0.5) is 0 Å². The number of hydrogen-bond donors (Lipinski definition) is 0. The maximum absolute atomic E-state index is 13.1. The number of carbonyl (C=O) groups excluding carboxylic acids is 2. The van der Waals surface area contributed by atoms with Gasteiger partial charge in [0.1, 0.15) is 0 Å². The molecule has 0 saturated carbocycles. The van der Waals surface area contributed by atoms with E-state index in [1.165, 1.54) is 21.6 Å². The minimum absolute atomic E-state index is 0.117. The zero-order valence-electron chi connectivity index (χ0n) is 16.7. The van der Waals surface area contributed by atoms with Crippen molar-refractivity contribution in [3.05, 3.63) is 46.3 Å². The molecule has 0 unspecified atom stereocenters. The lowest BCUT2D eigenvalue weighted by Gasteiger charge is -2.34. The van der Waals surface area contributed by atoms with E-state index in [0.717, 1.165) is 24.1 Å². The van der Waals surface area contributed by atoms with Gasteiger partial charge in [0.25, 0.3) is 5.91 Å². The van der Waals surface area contributed by atoms with Crippen LogP contribution >= 0.6 is 11.3 Å². The molecule has 0 N–H and O–H groups in total. The maximum Gasteiger partial charge on any atom is 0.264 e. The molecule has 0 radical (unpaired) electrons. The summed E-state index contributed by atoms with van der Waals surface area (Å²) in [7, 11) is 0. The summed E-state index contributed by atoms with van der Waals surface area (Å²) < 4.78 is 0. The maximum atomic E-state index is 13.1. The smallest absolute Gasteiger partial charge is 0.264 e. The summed E-state index contributed by atoms with van der Waals surface area (Å²) in [4.78, 5) is 31.3. The standard InChI is InChI=1S/C23H28N2O2S/c1-16(2)7-10-21(26)24-11-13-25(14-12-24)23(27)20-15-18-9-8-17-5-3-4-6-19(17)22(18)28-20/h3-6,15-16H,7-14H2,1-2H3. The molecule has 0 spiro atoms. The Morgan fingerprint density at radius 2 is 1.68 bits per heavy atom. The van der Waals surface area contributed by atoms with E-state index in [0.29, 0.717) is 38.5 Å². The monoisotopic (exact) mass is 396 g/mol. The topological polar surface area (TPSA) is 40.6 Å². The van der Waals surface area contributed by atoms with E-state index in [1.54, 1.807) is 11.3 Å². The minimum atomic E-state index is 0.117. The summed E-state index contributed by atoms with van der Waals surface area (Å²) in [6.45, 7) is 6.84. The fourth-order valence-corrected chi connectivity index (χ4v) is 5.30. The molecule has 1 aliphatic carbocycles. The third-order valence-corrected chi connectivity index (χ3v) is 7.00. The Kier molecular flexibility index (Phi) is 5.54. The van der Waals surface area contributed by atoms with Crippen molar-refractivity contribution in [3.63, 3.8) is 0 Å². The minimum Gasteiger partial charge on any atom is -0.339 e. The number of hydrogen-bond acceptors (Lipinski definition) is 3. The van der Waals surface area contributed by atoms with Gasteiger partial charge in [0.2, 0.25) is 5.91 Å². The van der Waals surface area contributed by atoms with Gasteiger partial charge < -0.3 is 9.80 Å². The second-order valence-corrected chi connectivity index (χ2v) is 9.28. The molecule has 1 aliphatic heterocycles. The normalized spacial score (nSPS) is 16.1. The molecule has 148 valence electrons. The van der Waals surface area contributed by atoms with Crippen molar-refractivity contribution in [3.8, 4) is 10.4 Å². The highest BCUT2D eigenvalue weighted by Crippen LogP contribution is 2.39. The lowest BCUT2D eigenvalue weighted by Crippen LogP contribution is -2.50. The number of amides is 2. The highest BCUT2D eigenvalue weighted by atomic mass is 32.1. The molecular weight excluding hydrogens is 368 g/mol. The molecule has 2 heterocycles. The van der Waals surface area contributed by atoms with Gasteiger partial charge in [0.05, 0.1) is 4.88 Å². The van der Waals surface area contributed by atoms with Gasteiger partial charge >= 0.3 is 0 Å². The number of rotatable bonds is 4. The molecule has 1 aromatic heterocycles. The summed E-state index contributed by atoms with van der Waals surface area (Å²) in [5, 5.41) is 0. The van der Waals surface area contributed by atoms with E-state index in [4.69, 9.17) is 0 Å². The highest BCUT2D eigenvalue weighted by Gasteiger charge is 2.27. The van der Waals surface area contributed by atoms with Crippen LogP contribution in [-0.2, 0) is 17.6 Å². The SMILES string of the molecule is CC(C)CCC(=O)N1CCN(C(=O)c2cc3c(s2)-c2ccccc2CC3)CC1. The van der Waals surface area contributed by atoms with E-state index in [2.05, 4.69) is 44.2 Å². The van der Waals surface area contributed by atoms with E-state index < -0.39 is 0 Å². The first-order valence-corrected chi connectivity index (χ1v) is 11.1. The number of thiophene rings is 1. The van der Waals surface area contributed by atoms with Crippen LogP contribution in [0.5, 0.6) is 0 Å². The Balaban J connectivity index is 1.41. The van der Waals surface area contributed by atoms with Crippen molar-refractivity contribution in [2.75, 3.05) is 26.2 Å². The van der Waals surface area contributed by atoms with E-state index in [-0.39, 0.29) is 11.8 Å². The first-order chi connectivity index (χ1) is 13.5. The second kappa shape index (κ2) is 8.08. The average molecular weight is 397 g/mol. The molecule has 1 fully saturated rings. The number of benzene rings is 1. The number of aryl methyl sites for hydroxylation is 2.